The Bertz CT molecular complexity index is 527. The Morgan fingerprint density at radius 2 is 1.72 bits per heavy atom. The first-order chi connectivity index (χ1) is 8.70. The Morgan fingerprint density at radius 3 is 2.39 bits per heavy atom. The van der Waals surface area contributed by atoms with Gasteiger partial charge in [-0.2, -0.15) is 0 Å². The van der Waals surface area contributed by atoms with Crippen LogP contribution in [0, 0.1) is 5.82 Å². The summed E-state index contributed by atoms with van der Waals surface area (Å²) in [6.45, 7) is 0.569. The lowest BCUT2D eigenvalue weighted by Gasteiger charge is -2.12. The number of halogens is 1. The average Bonchev–Trinajstić information content (AvgIpc) is 2.39. The maximum absolute atomic E-state index is 13.1. The van der Waals surface area contributed by atoms with Crippen molar-refractivity contribution in [1.29, 1.82) is 0 Å². The molecule has 0 aliphatic rings. The van der Waals surface area contributed by atoms with Crippen molar-refractivity contribution in [1.82, 2.24) is 0 Å². The van der Waals surface area contributed by atoms with E-state index in [-0.39, 0.29) is 5.82 Å². The Kier molecular flexibility index (Phi) is 4.07. The quantitative estimate of drug-likeness (QED) is 0.869. The second-order valence-corrected chi connectivity index (χ2v) is 4.24. The normalized spacial score (nSPS) is 12.4. The zero-order valence-corrected chi connectivity index (χ0v) is 10.0. The number of benzene rings is 2. The van der Waals surface area contributed by atoms with Gasteiger partial charge in [0.25, 0.3) is 0 Å². The van der Waals surface area contributed by atoms with Gasteiger partial charge in [-0.3, -0.25) is 0 Å². The second-order valence-electron chi connectivity index (χ2n) is 4.24. The maximum atomic E-state index is 13.1. The molecule has 2 aromatic carbocycles. The lowest BCUT2D eigenvalue weighted by atomic mass is 9.99. The van der Waals surface area contributed by atoms with Crippen LogP contribution < -0.4 is 5.73 Å². The standard InChI is InChI=1S/C15H16FNO/c16-14-6-2-5-13(10-14)15(18)12-4-1-3-11(9-12)7-8-17/h1-6,9-10,15,18H,7-8,17H2. The molecule has 0 saturated heterocycles. The molecule has 3 heteroatoms. The molecule has 0 aromatic heterocycles. The number of aliphatic hydroxyl groups excluding tert-OH is 1. The van der Waals surface area contributed by atoms with Crippen molar-refractivity contribution in [3.63, 3.8) is 0 Å². The highest BCUT2D eigenvalue weighted by atomic mass is 19.1. The summed E-state index contributed by atoms with van der Waals surface area (Å²) in [5.41, 5.74) is 7.89. The molecule has 2 aromatic rings. The van der Waals surface area contributed by atoms with E-state index < -0.39 is 6.10 Å². The van der Waals surface area contributed by atoms with Gasteiger partial charge >= 0.3 is 0 Å². The Morgan fingerprint density at radius 1 is 1.06 bits per heavy atom. The molecule has 0 saturated carbocycles. The van der Waals surface area contributed by atoms with Gasteiger partial charge in [0.2, 0.25) is 0 Å². The van der Waals surface area contributed by atoms with Gasteiger partial charge in [-0.05, 0) is 41.8 Å². The molecule has 0 heterocycles. The molecule has 1 atom stereocenters. The van der Waals surface area contributed by atoms with Crippen LogP contribution in [0.2, 0.25) is 0 Å². The molecule has 0 spiro atoms. The van der Waals surface area contributed by atoms with Crippen LogP contribution in [0.5, 0.6) is 0 Å². The van der Waals surface area contributed by atoms with Gasteiger partial charge in [0.15, 0.2) is 0 Å². The van der Waals surface area contributed by atoms with Crippen molar-refractivity contribution < 1.29 is 9.50 Å². The van der Waals surface area contributed by atoms with E-state index in [0.717, 1.165) is 17.5 Å². The summed E-state index contributed by atoms with van der Waals surface area (Å²) >= 11 is 0. The van der Waals surface area contributed by atoms with E-state index in [1.54, 1.807) is 12.1 Å². The van der Waals surface area contributed by atoms with Crippen LogP contribution in [0.3, 0.4) is 0 Å². The van der Waals surface area contributed by atoms with Gasteiger partial charge in [-0.25, -0.2) is 4.39 Å². The van der Waals surface area contributed by atoms with Crippen LogP contribution in [0.15, 0.2) is 48.5 Å². The lowest BCUT2D eigenvalue weighted by Crippen LogP contribution is -2.05. The number of nitrogens with two attached hydrogens (primary N) is 1. The molecular formula is C15H16FNO. The van der Waals surface area contributed by atoms with Crippen LogP contribution in [-0.4, -0.2) is 11.7 Å². The fraction of sp³-hybridized carbons (Fsp3) is 0.200. The minimum Gasteiger partial charge on any atom is -0.384 e. The van der Waals surface area contributed by atoms with Crippen LogP contribution in [0.4, 0.5) is 4.39 Å². The molecule has 0 radical (unpaired) electrons. The molecule has 1 unspecified atom stereocenters. The third-order valence-corrected chi connectivity index (χ3v) is 2.86. The first-order valence-electron chi connectivity index (χ1n) is 5.93. The zero-order valence-electron chi connectivity index (χ0n) is 10.0. The minimum absolute atomic E-state index is 0.343. The highest BCUT2D eigenvalue weighted by molar-refractivity contribution is 5.32. The molecule has 2 nitrogen and oxygen atoms in total. The molecule has 0 aliphatic carbocycles. The predicted octanol–water partition coefficient (Wildman–Crippen LogP) is 2.41. The predicted molar refractivity (Wildman–Crippen MR) is 69.7 cm³/mol. The summed E-state index contributed by atoms with van der Waals surface area (Å²) in [6.07, 6.45) is -0.0394. The first kappa shape index (κ1) is 12.7. The van der Waals surface area contributed by atoms with E-state index in [1.165, 1.54) is 12.1 Å². The molecule has 0 bridgehead atoms. The first-order valence-corrected chi connectivity index (χ1v) is 5.93. The van der Waals surface area contributed by atoms with Gasteiger partial charge in [0.1, 0.15) is 11.9 Å². The molecule has 2 rings (SSSR count). The number of hydrogen-bond acceptors (Lipinski definition) is 2. The van der Waals surface area contributed by atoms with Crippen LogP contribution in [0.1, 0.15) is 22.8 Å². The SMILES string of the molecule is NCCc1cccc(C(O)c2cccc(F)c2)c1. The van der Waals surface area contributed by atoms with E-state index in [0.29, 0.717) is 12.1 Å². The van der Waals surface area contributed by atoms with E-state index in [1.807, 2.05) is 24.3 Å². The number of hydrogen-bond donors (Lipinski definition) is 2. The van der Waals surface area contributed by atoms with Gasteiger partial charge in [0.05, 0.1) is 0 Å². The van der Waals surface area contributed by atoms with Crippen molar-refractivity contribution >= 4 is 0 Å². The van der Waals surface area contributed by atoms with E-state index in [2.05, 4.69) is 0 Å². The summed E-state index contributed by atoms with van der Waals surface area (Å²) in [7, 11) is 0. The summed E-state index contributed by atoms with van der Waals surface area (Å²) < 4.78 is 13.1. The molecule has 0 amide bonds. The van der Waals surface area contributed by atoms with Crippen molar-refractivity contribution in [3.05, 3.63) is 71.0 Å². The molecular weight excluding hydrogens is 229 g/mol. The highest BCUT2D eigenvalue weighted by Crippen LogP contribution is 2.23. The van der Waals surface area contributed by atoms with Crippen molar-refractivity contribution in [2.45, 2.75) is 12.5 Å². The highest BCUT2D eigenvalue weighted by Gasteiger charge is 2.11. The maximum Gasteiger partial charge on any atom is 0.123 e. The second kappa shape index (κ2) is 5.76. The largest absolute Gasteiger partial charge is 0.384 e. The summed E-state index contributed by atoms with van der Waals surface area (Å²) in [6, 6.07) is 13.6. The number of aliphatic hydroxyl groups is 1. The molecule has 0 aliphatic heterocycles. The van der Waals surface area contributed by atoms with Gasteiger partial charge < -0.3 is 10.8 Å². The topological polar surface area (TPSA) is 46.2 Å². The smallest absolute Gasteiger partial charge is 0.123 e. The molecule has 3 N–H and O–H groups in total. The average molecular weight is 245 g/mol. The fourth-order valence-corrected chi connectivity index (χ4v) is 1.95. The van der Waals surface area contributed by atoms with Crippen molar-refractivity contribution in [2.24, 2.45) is 5.73 Å². The van der Waals surface area contributed by atoms with Crippen LogP contribution >= 0.6 is 0 Å². The monoisotopic (exact) mass is 245 g/mol. The van der Waals surface area contributed by atoms with Crippen molar-refractivity contribution in [3.8, 4) is 0 Å². The van der Waals surface area contributed by atoms with E-state index >= 15 is 0 Å². The van der Waals surface area contributed by atoms with Crippen LogP contribution in [0.25, 0.3) is 0 Å². The Labute approximate surface area is 106 Å². The molecule has 0 fully saturated rings. The molecule has 94 valence electrons. The van der Waals surface area contributed by atoms with Crippen molar-refractivity contribution in [2.75, 3.05) is 6.54 Å². The summed E-state index contributed by atoms with van der Waals surface area (Å²) in [5.74, 6) is -0.343. The fourth-order valence-electron chi connectivity index (χ4n) is 1.95. The third kappa shape index (κ3) is 2.94. The zero-order chi connectivity index (χ0) is 13.0. The summed E-state index contributed by atoms with van der Waals surface area (Å²) in [5, 5.41) is 10.2. The lowest BCUT2D eigenvalue weighted by molar-refractivity contribution is 0.219. The van der Waals surface area contributed by atoms with Crippen LogP contribution in [-0.2, 0) is 6.42 Å². The minimum atomic E-state index is -0.807. The van der Waals surface area contributed by atoms with Gasteiger partial charge in [-0.15, -0.1) is 0 Å². The molecule has 18 heavy (non-hydrogen) atoms. The van der Waals surface area contributed by atoms with Gasteiger partial charge in [0, 0.05) is 0 Å². The van der Waals surface area contributed by atoms with E-state index in [9.17, 15) is 9.50 Å². The number of rotatable bonds is 4. The van der Waals surface area contributed by atoms with E-state index in [4.69, 9.17) is 5.73 Å². The van der Waals surface area contributed by atoms with Gasteiger partial charge in [-0.1, -0.05) is 36.4 Å². The summed E-state index contributed by atoms with van der Waals surface area (Å²) in [4.78, 5) is 0. The Balaban J connectivity index is 2.27. The Hall–Kier alpha value is -1.71. The third-order valence-electron chi connectivity index (χ3n) is 2.86.